The van der Waals surface area contributed by atoms with Crippen LogP contribution in [0.5, 0.6) is 0 Å². The number of aromatic nitrogens is 3. The molecule has 0 radical (unpaired) electrons. The van der Waals surface area contributed by atoms with Crippen molar-refractivity contribution >= 4 is 23.9 Å². The zero-order chi connectivity index (χ0) is 16.9. The smallest absolute Gasteiger partial charge is 0.313 e. The third kappa shape index (κ3) is 3.76. The number of hydrogen-bond donors (Lipinski definition) is 1. The molecule has 0 unspecified atom stereocenters. The van der Waals surface area contributed by atoms with Crippen molar-refractivity contribution in [3.63, 3.8) is 0 Å². The Balaban J connectivity index is 1.91. The van der Waals surface area contributed by atoms with Crippen molar-refractivity contribution in [2.45, 2.75) is 31.3 Å². The second-order valence-corrected chi connectivity index (χ2v) is 6.44. The van der Waals surface area contributed by atoms with Gasteiger partial charge in [-0.15, -0.1) is 10.2 Å². The van der Waals surface area contributed by atoms with Crippen molar-refractivity contribution in [3.05, 3.63) is 30.2 Å². The van der Waals surface area contributed by atoms with E-state index in [0.29, 0.717) is 22.7 Å². The SMILES string of the molecule is Cc1occc1-c1nnc(SCC(=O)O)n1/N=C\[C@@H]1CC=CCC1. The summed E-state index contributed by atoms with van der Waals surface area (Å²) in [6.07, 6.45) is 10.9. The Morgan fingerprint density at radius 1 is 1.54 bits per heavy atom. The molecule has 0 bridgehead atoms. The average molecular weight is 346 g/mol. The summed E-state index contributed by atoms with van der Waals surface area (Å²) in [6.45, 7) is 1.84. The largest absolute Gasteiger partial charge is 0.481 e. The molecule has 0 amide bonds. The molecule has 8 heteroatoms. The van der Waals surface area contributed by atoms with Gasteiger partial charge in [-0.2, -0.15) is 9.78 Å². The van der Waals surface area contributed by atoms with Crippen LogP contribution in [0.2, 0.25) is 0 Å². The molecule has 0 saturated carbocycles. The molecule has 0 fully saturated rings. The number of thioether (sulfide) groups is 1. The minimum atomic E-state index is -0.906. The van der Waals surface area contributed by atoms with E-state index in [1.807, 2.05) is 13.1 Å². The molecular weight excluding hydrogens is 328 g/mol. The van der Waals surface area contributed by atoms with Crippen molar-refractivity contribution < 1.29 is 14.3 Å². The van der Waals surface area contributed by atoms with Gasteiger partial charge in [0.05, 0.1) is 17.6 Å². The molecule has 7 nitrogen and oxygen atoms in total. The Morgan fingerprint density at radius 3 is 3.08 bits per heavy atom. The number of hydrogen-bond acceptors (Lipinski definition) is 6. The summed E-state index contributed by atoms with van der Waals surface area (Å²) in [5, 5.41) is 22.2. The summed E-state index contributed by atoms with van der Waals surface area (Å²) < 4.78 is 6.93. The second-order valence-electron chi connectivity index (χ2n) is 5.50. The lowest BCUT2D eigenvalue weighted by Crippen LogP contribution is -2.06. The number of aryl methyl sites for hydroxylation is 1. The van der Waals surface area contributed by atoms with Gasteiger partial charge in [0.25, 0.3) is 0 Å². The lowest BCUT2D eigenvalue weighted by atomic mass is 9.96. The summed E-state index contributed by atoms with van der Waals surface area (Å²) in [7, 11) is 0. The van der Waals surface area contributed by atoms with Crippen LogP contribution in [-0.2, 0) is 4.79 Å². The summed E-state index contributed by atoms with van der Waals surface area (Å²) >= 11 is 1.10. The third-order valence-electron chi connectivity index (χ3n) is 3.74. The molecule has 1 aliphatic carbocycles. The van der Waals surface area contributed by atoms with Gasteiger partial charge < -0.3 is 9.52 Å². The van der Waals surface area contributed by atoms with Crippen LogP contribution < -0.4 is 0 Å². The summed E-state index contributed by atoms with van der Waals surface area (Å²) in [5.74, 6) is 0.639. The molecule has 1 atom stereocenters. The van der Waals surface area contributed by atoms with Gasteiger partial charge in [0.2, 0.25) is 5.16 Å². The number of aliphatic carboxylic acids is 1. The van der Waals surface area contributed by atoms with Crippen molar-refractivity contribution in [1.29, 1.82) is 0 Å². The Bertz CT molecular complexity index is 778. The van der Waals surface area contributed by atoms with Crippen molar-refractivity contribution in [2.24, 2.45) is 11.0 Å². The lowest BCUT2D eigenvalue weighted by Gasteiger charge is -2.12. The van der Waals surface area contributed by atoms with E-state index in [4.69, 9.17) is 9.52 Å². The minimum Gasteiger partial charge on any atom is -0.481 e. The average Bonchev–Trinajstić information content (AvgIpc) is 3.17. The van der Waals surface area contributed by atoms with Crippen molar-refractivity contribution in [2.75, 3.05) is 5.75 Å². The maximum absolute atomic E-state index is 10.8. The first kappa shape index (κ1) is 16.5. The number of nitrogens with zero attached hydrogens (tertiary/aromatic N) is 4. The Morgan fingerprint density at radius 2 is 2.42 bits per heavy atom. The zero-order valence-electron chi connectivity index (χ0n) is 13.3. The van der Waals surface area contributed by atoms with Crippen LogP contribution >= 0.6 is 11.8 Å². The van der Waals surface area contributed by atoms with E-state index in [9.17, 15) is 4.79 Å². The fourth-order valence-corrected chi connectivity index (χ4v) is 3.09. The fourth-order valence-electron chi connectivity index (χ4n) is 2.48. The summed E-state index contributed by atoms with van der Waals surface area (Å²) in [6, 6.07) is 1.81. The summed E-state index contributed by atoms with van der Waals surface area (Å²) in [5.41, 5.74) is 0.797. The predicted molar refractivity (Wildman–Crippen MR) is 91.2 cm³/mol. The van der Waals surface area contributed by atoms with Gasteiger partial charge in [0.15, 0.2) is 5.82 Å². The van der Waals surface area contributed by atoms with Crippen LogP contribution in [0.1, 0.15) is 25.0 Å². The van der Waals surface area contributed by atoms with Gasteiger partial charge in [-0.3, -0.25) is 4.79 Å². The normalized spacial score (nSPS) is 17.6. The molecular formula is C16H18N4O3S. The lowest BCUT2D eigenvalue weighted by molar-refractivity contribution is -0.133. The molecule has 3 rings (SSSR count). The standard InChI is InChI=1S/C16H18N4O3S/c1-11-13(7-8-23-11)15-18-19-16(24-10-14(21)22)20(15)17-9-12-5-3-2-4-6-12/h2-3,7-9,12H,4-6,10H2,1H3,(H,21,22)/b17-9-/t12-/m1/s1. The van der Waals surface area contributed by atoms with E-state index in [1.165, 1.54) is 0 Å². The Labute approximate surface area is 143 Å². The molecule has 0 saturated heterocycles. The number of allylic oxidation sites excluding steroid dienone is 2. The molecule has 2 aromatic rings. The van der Waals surface area contributed by atoms with Gasteiger partial charge >= 0.3 is 5.97 Å². The molecule has 0 spiro atoms. The number of rotatable bonds is 6. The molecule has 0 aromatic carbocycles. The van der Waals surface area contributed by atoms with Gasteiger partial charge in [-0.25, -0.2) is 0 Å². The Kier molecular flexibility index (Phi) is 5.14. The molecule has 1 N–H and O–H groups in total. The third-order valence-corrected chi connectivity index (χ3v) is 4.64. The van der Waals surface area contributed by atoms with Crippen LogP contribution in [0.3, 0.4) is 0 Å². The fraction of sp³-hybridized carbons (Fsp3) is 0.375. The van der Waals surface area contributed by atoms with E-state index >= 15 is 0 Å². The number of carbonyl (C=O) groups is 1. The highest BCUT2D eigenvalue weighted by molar-refractivity contribution is 7.99. The highest BCUT2D eigenvalue weighted by atomic mass is 32.2. The van der Waals surface area contributed by atoms with Crippen molar-refractivity contribution in [1.82, 2.24) is 14.9 Å². The van der Waals surface area contributed by atoms with Crippen LogP contribution in [0, 0.1) is 12.8 Å². The maximum Gasteiger partial charge on any atom is 0.313 e. The quantitative estimate of drug-likeness (QED) is 0.490. The van der Waals surface area contributed by atoms with E-state index in [0.717, 1.165) is 36.6 Å². The predicted octanol–water partition coefficient (Wildman–Crippen LogP) is 3.21. The first-order valence-electron chi connectivity index (χ1n) is 7.69. The van der Waals surface area contributed by atoms with Gasteiger partial charge in [0.1, 0.15) is 5.76 Å². The van der Waals surface area contributed by atoms with Gasteiger partial charge in [-0.05, 0) is 38.2 Å². The van der Waals surface area contributed by atoms with Crippen LogP contribution in [0.25, 0.3) is 11.4 Å². The van der Waals surface area contributed by atoms with E-state index < -0.39 is 5.97 Å². The zero-order valence-corrected chi connectivity index (χ0v) is 14.1. The molecule has 1 aliphatic rings. The highest BCUT2D eigenvalue weighted by Crippen LogP contribution is 2.27. The minimum absolute atomic E-state index is 0.0931. The molecule has 2 aromatic heterocycles. The monoisotopic (exact) mass is 346 g/mol. The van der Waals surface area contributed by atoms with Gasteiger partial charge in [-0.1, -0.05) is 23.9 Å². The maximum atomic E-state index is 10.8. The van der Waals surface area contributed by atoms with Crippen LogP contribution in [-0.4, -0.2) is 37.9 Å². The van der Waals surface area contributed by atoms with Crippen LogP contribution in [0.4, 0.5) is 0 Å². The van der Waals surface area contributed by atoms with Gasteiger partial charge in [0, 0.05) is 6.21 Å². The molecule has 24 heavy (non-hydrogen) atoms. The topological polar surface area (TPSA) is 93.5 Å². The highest BCUT2D eigenvalue weighted by Gasteiger charge is 2.18. The second kappa shape index (κ2) is 7.48. The molecule has 126 valence electrons. The Hall–Kier alpha value is -2.35. The number of carboxylic acid groups (broad SMARTS) is 1. The molecule has 2 heterocycles. The number of furan rings is 1. The van der Waals surface area contributed by atoms with E-state index in [-0.39, 0.29) is 5.75 Å². The van der Waals surface area contributed by atoms with E-state index in [1.54, 1.807) is 17.0 Å². The summed E-state index contributed by atoms with van der Waals surface area (Å²) in [4.78, 5) is 10.8. The first-order valence-corrected chi connectivity index (χ1v) is 8.67. The van der Waals surface area contributed by atoms with E-state index in [2.05, 4.69) is 27.5 Å². The van der Waals surface area contributed by atoms with Crippen molar-refractivity contribution in [3.8, 4) is 11.4 Å². The number of carboxylic acids is 1. The van der Waals surface area contributed by atoms with Crippen LogP contribution in [0.15, 0.2) is 39.2 Å². The molecule has 0 aliphatic heterocycles. The first-order chi connectivity index (χ1) is 11.6.